The third-order valence-electron chi connectivity index (χ3n) is 3.81. The highest BCUT2D eigenvalue weighted by Crippen LogP contribution is 2.18. The summed E-state index contributed by atoms with van der Waals surface area (Å²) < 4.78 is 0. The van der Waals surface area contributed by atoms with Crippen molar-refractivity contribution in [2.75, 3.05) is 28.6 Å². The van der Waals surface area contributed by atoms with Gasteiger partial charge in [-0.3, -0.25) is 9.59 Å². The van der Waals surface area contributed by atoms with Crippen LogP contribution in [0.25, 0.3) is 0 Å². The molecule has 0 aliphatic rings. The summed E-state index contributed by atoms with van der Waals surface area (Å²) in [5, 5.41) is 5.53. The van der Waals surface area contributed by atoms with E-state index in [1.807, 2.05) is 0 Å². The van der Waals surface area contributed by atoms with E-state index in [1.165, 1.54) is 6.92 Å². The molecule has 2 rings (SSSR count). The van der Waals surface area contributed by atoms with E-state index in [4.69, 9.17) is 0 Å². The lowest BCUT2D eigenvalue weighted by Crippen LogP contribution is -2.27. The molecule has 7 heteroatoms. The number of aryl methyl sites for hydroxylation is 1. The molecule has 2 N–H and O–H groups in total. The number of nitrogens with zero attached hydrogens (tertiary/aromatic N) is 3. The fourth-order valence-electron chi connectivity index (χ4n) is 2.78. The van der Waals surface area contributed by atoms with Gasteiger partial charge in [-0.2, -0.15) is 0 Å². The molecule has 0 saturated heterocycles. The molecule has 7 nitrogen and oxygen atoms in total. The van der Waals surface area contributed by atoms with Crippen LogP contribution in [0.1, 0.15) is 49.9 Å². The van der Waals surface area contributed by atoms with E-state index in [1.54, 1.807) is 37.3 Å². The third kappa shape index (κ3) is 6.06. The van der Waals surface area contributed by atoms with E-state index >= 15 is 0 Å². The molecule has 27 heavy (non-hydrogen) atoms. The van der Waals surface area contributed by atoms with Crippen LogP contribution < -0.4 is 15.5 Å². The van der Waals surface area contributed by atoms with Crippen molar-refractivity contribution in [3.05, 3.63) is 41.9 Å². The van der Waals surface area contributed by atoms with Crippen LogP contribution in [0.2, 0.25) is 0 Å². The molecule has 0 fully saturated rings. The van der Waals surface area contributed by atoms with Crippen LogP contribution in [0.4, 0.5) is 17.2 Å². The Morgan fingerprint density at radius 2 is 1.63 bits per heavy atom. The van der Waals surface area contributed by atoms with Crippen molar-refractivity contribution in [2.24, 2.45) is 0 Å². The van der Waals surface area contributed by atoms with Gasteiger partial charge in [0.05, 0.1) is 0 Å². The Balaban J connectivity index is 2.22. The van der Waals surface area contributed by atoms with Gasteiger partial charge in [0.1, 0.15) is 17.3 Å². The number of aromatic nitrogens is 2. The standard InChI is InChI=1S/C20H27N5O2/c1-5-10-25(11-6-2)19-13-18(21-14(3)22-19)20(27)24-17-9-7-8-16(12-17)23-15(4)26/h7-9,12-13H,5-6,10-11H2,1-4H3,(H,23,26)(H,24,27). The second-order valence-electron chi connectivity index (χ2n) is 6.36. The minimum Gasteiger partial charge on any atom is -0.357 e. The summed E-state index contributed by atoms with van der Waals surface area (Å²) in [5.41, 5.74) is 1.53. The zero-order valence-corrected chi connectivity index (χ0v) is 16.4. The lowest BCUT2D eigenvalue weighted by molar-refractivity contribution is -0.114. The Hall–Kier alpha value is -2.96. The number of nitrogens with one attached hydrogen (secondary N) is 2. The molecule has 1 aromatic heterocycles. The van der Waals surface area contributed by atoms with E-state index < -0.39 is 0 Å². The van der Waals surface area contributed by atoms with Gasteiger partial charge in [0.2, 0.25) is 5.91 Å². The molecule has 0 saturated carbocycles. The van der Waals surface area contributed by atoms with Crippen molar-refractivity contribution in [1.82, 2.24) is 9.97 Å². The molecule has 0 radical (unpaired) electrons. The van der Waals surface area contributed by atoms with Crippen molar-refractivity contribution >= 4 is 29.0 Å². The average molecular weight is 369 g/mol. The van der Waals surface area contributed by atoms with Crippen LogP contribution in [0.3, 0.4) is 0 Å². The second-order valence-corrected chi connectivity index (χ2v) is 6.36. The van der Waals surface area contributed by atoms with E-state index in [0.717, 1.165) is 31.7 Å². The summed E-state index contributed by atoms with van der Waals surface area (Å²) in [5.74, 6) is 0.848. The summed E-state index contributed by atoms with van der Waals surface area (Å²) >= 11 is 0. The van der Waals surface area contributed by atoms with Crippen molar-refractivity contribution < 1.29 is 9.59 Å². The topological polar surface area (TPSA) is 87.2 Å². The van der Waals surface area contributed by atoms with E-state index in [9.17, 15) is 9.59 Å². The summed E-state index contributed by atoms with van der Waals surface area (Å²) in [4.78, 5) is 34.8. The first-order valence-electron chi connectivity index (χ1n) is 9.22. The molecule has 2 amide bonds. The minimum atomic E-state index is -0.310. The lowest BCUT2D eigenvalue weighted by Gasteiger charge is -2.23. The predicted molar refractivity (Wildman–Crippen MR) is 108 cm³/mol. The van der Waals surface area contributed by atoms with Crippen LogP contribution in [0.15, 0.2) is 30.3 Å². The zero-order chi connectivity index (χ0) is 19.8. The molecule has 0 aliphatic carbocycles. The third-order valence-corrected chi connectivity index (χ3v) is 3.81. The largest absolute Gasteiger partial charge is 0.357 e. The predicted octanol–water partition coefficient (Wildman–Crippen LogP) is 3.62. The molecule has 144 valence electrons. The molecule has 0 spiro atoms. The first-order valence-corrected chi connectivity index (χ1v) is 9.22. The Morgan fingerprint density at radius 3 is 2.22 bits per heavy atom. The van der Waals surface area contributed by atoms with Gasteiger partial charge in [-0.25, -0.2) is 9.97 Å². The number of benzene rings is 1. The molecular weight excluding hydrogens is 342 g/mol. The van der Waals surface area contributed by atoms with E-state index in [0.29, 0.717) is 22.9 Å². The average Bonchev–Trinajstić information content (AvgIpc) is 2.60. The monoisotopic (exact) mass is 369 g/mol. The number of hydrogen-bond acceptors (Lipinski definition) is 5. The summed E-state index contributed by atoms with van der Waals surface area (Å²) in [6, 6.07) is 8.72. The Kier molecular flexibility index (Phi) is 7.28. The minimum absolute atomic E-state index is 0.165. The molecule has 2 aromatic rings. The highest BCUT2D eigenvalue weighted by Gasteiger charge is 2.14. The van der Waals surface area contributed by atoms with Crippen molar-refractivity contribution in [3.63, 3.8) is 0 Å². The van der Waals surface area contributed by atoms with Crippen LogP contribution in [-0.4, -0.2) is 34.9 Å². The highest BCUT2D eigenvalue weighted by atomic mass is 16.2. The number of carbonyl (C=O) groups excluding carboxylic acids is 2. The molecule has 0 aliphatic heterocycles. The number of carbonyl (C=O) groups is 2. The Bertz CT molecular complexity index is 801. The van der Waals surface area contributed by atoms with Crippen molar-refractivity contribution in [3.8, 4) is 0 Å². The van der Waals surface area contributed by atoms with Gasteiger partial charge in [-0.05, 0) is 38.0 Å². The molecule has 0 unspecified atom stereocenters. The molecule has 0 bridgehead atoms. The van der Waals surface area contributed by atoms with Gasteiger partial charge >= 0.3 is 0 Å². The van der Waals surface area contributed by atoms with Gasteiger partial charge in [-0.15, -0.1) is 0 Å². The van der Waals surface area contributed by atoms with E-state index in [-0.39, 0.29) is 11.8 Å². The van der Waals surface area contributed by atoms with Crippen LogP contribution in [0.5, 0.6) is 0 Å². The molecule has 0 atom stereocenters. The maximum atomic E-state index is 12.7. The molecule has 1 aromatic carbocycles. The van der Waals surface area contributed by atoms with Crippen LogP contribution in [0, 0.1) is 6.92 Å². The summed E-state index contributed by atoms with van der Waals surface area (Å²) in [7, 11) is 0. The van der Waals surface area contributed by atoms with Gasteiger partial charge in [0, 0.05) is 37.5 Å². The molecular formula is C20H27N5O2. The quantitative estimate of drug-likeness (QED) is 0.742. The first-order chi connectivity index (χ1) is 12.9. The maximum Gasteiger partial charge on any atom is 0.274 e. The van der Waals surface area contributed by atoms with Gasteiger partial charge in [-0.1, -0.05) is 19.9 Å². The normalized spacial score (nSPS) is 10.4. The van der Waals surface area contributed by atoms with Gasteiger partial charge in [0.25, 0.3) is 5.91 Å². The number of hydrogen-bond donors (Lipinski definition) is 2. The fourth-order valence-corrected chi connectivity index (χ4v) is 2.78. The number of amides is 2. The smallest absolute Gasteiger partial charge is 0.274 e. The summed E-state index contributed by atoms with van der Waals surface area (Å²) in [6.07, 6.45) is 2.00. The Morgan fingerprint density at radius 1 is 1.00 bits per heavy atom. The number of anilines is 3. The lowest BCUT2D eigenvalue weighted by atomic mass is 10.2. The van der Waals surface area contributed by atoms with E-state index in [2.05, 4.69) is 39.3 Å². The molecule has 1 heterocycles. The SMILES string of the molecule is CCCN(CCC)c1cc(C(=O)Nc2cccc(NC(C)=O)c2)nc(C)n1. The van der Waals surface area contributed by atoms with Crippen LogP contribution in [-0.2, 0) is 4.79 Å². The second kappa shape index (κ2) is 9.66. The Labute approximate surface area is 160 Å². The van der Waals surface area contributed by atoms with Crippen molar-refractivity contribution in [1.29, 1.82) is 0 Å². The van der Waals surface area contributed by atoms with Gasteiger partial charge < -0.3 is 15.5 Å². The summed E-state index contributed by atoms with van der Waals surface area (Å²) in [6.45, 7) is 9.22. The highest BCUT2D eigenvalue weighted by molar-refractivity contribution is 6.03. The van der Waals surface area contributed by atoms with Crippen LogP contribution >= 0.6 is 0 Å². The zero-order valence-electron chi connectivity index (χ0n) is 16.4. The van der Waals surface area contributed by atoms with Crippen molar-refractivity contribution in [2.45, 2.75) is 40.5 Å². The van der Waals surface area contributed by atoms with Gasteiger partial charge in [0.15, 0.2) is 0 Å². The number of rotatable bonds is 8. The first kappa shape index (κ1) is 20.4. The maximum absolute atomic E-state index is 12.7. The fraction of sp³-hybridized carbons (Fsp3) is 0.400.